The van der Waals surface area contributed by atoms with Crippen molar-refractivity contribution in [1.82, 2.24) is 9.55 Å². The summed E-state index contributed by atoms with van der Waals surface area (Å²) in [6.07, 6.45) is 3.15. The van der Waals surface area contributed by atoms with E-state index in [4.69, 9.17) is 0 Å². The number of hydrogen-bond acceptors (Lipinski definition) is 2. The molecule has 0 amide bonds. The van der Waals surface area contributed by atoms with E-state index in [-0.39, 0.29) is 0 Å². The van der Waals surface area contributed by atoms with Crippen LogP contribution in [0.4, 0.5) is 11.6 Å². The third-order valence-electron chi connectivity index (χ3n) is 2.56. The molecule has 0 aliphatic rings. The second-order valence-electron chi connectivity index (χ2n) is 4.12. The van der Waals surface area contributed by atoms with E-state index < -0.39 is 0 Å². The molecule has 2 aromatic rings. The van der Waals surface area contributed by atoms with Gasteiger partial charge < -0.3 is 9.88 Å². The van der Waals surface area contributed by atoms with Crippen LogP contribution in [0.3, 0.4) is 0 Å². The molecule has 1 heterocycles. The quantitative estimate of drug-likeness (QED) is 0.829. The van der Waals surface area contributed by atoms with Gasteiger partial charge in [0.05, 0.1) is 11.4 Å². The fourth-order valence-electron chi connectivity index (χ4n) is 1.79. The van der Waals surface area contributed by atoms with Gasteiger partial charge in [-0.15, -0.1) is 0 Å². The van der Waals surface area contributed by atoms with Crippen molar-refractivity contribution in [3.63, 3.8) is 0 Å². The Morgan fingerprint density at radius 2 is 1.94 bits per heavy atom. The van der Waals surface area contributed by atoms with Gasteiger partial charge in [0.15, 0.2) is 0 Å². The summed E-state index contributed by atoms with van der Waals surface area (Å²) in [5.41, 5.74) is 2.02. The van der Waals surface area contributed by atoms with Crippen molar-refractivity contribution in [1.29, 1.82) is 0 Å². The Morgan fingerprint density at radius 1 is 1.28 bits per heavy atom. The molecule has 0 aliphatic heterocycles. The molecule has 3 nitrogen and oxygen atoms in total. The molecule has 1 aromatic heterocycles. The Balaban J connectivity index is 2.33. The van der Waals surface area contributed by atoms with E-state index in [2.05, 4.69) is 59.8 Å². The fraction of sp³-hybridized carbons (Fsp3) is 0.308. The van der Waals surface area contributed by atoms with Gasteiger partial charge in [-0.3, -0.25) is 0 Å². The van der Waals surface area contributed by atoms with Crippen molar-refractivity contribution < 1.29 is 0 Å². The number of rotatable bonds is 4. The Hall–Kier alpha value is -0.810. The molecule has 0 bridgehead atoms. The highest BCUT2D eigenvalue weighted by atomic mass is 79.9. The summed E-state index contributed by atoms with van der Waals surface area (Å²) in [4.78, 5) is 4.52. The van der Waals surface area contributed by atoms with Crippen LogP contribution in [0.25, 0.3) is 0 Å². The van der Waals surface area contributed by atoms with Crippen molar-refractivity contribution >= 4 is 43.5 Å². The minimum Gasteiger partial charge on any atom is -0.324 e. The zero-order chi connectivity index (χ0) is 13.1. The van der Waals surface area contributed by atoms with Crippen LogP contribution in [0, 0.1) is 6.92 Å². The molecule has 0 saturated heterocycles. The summed E-state index contributed by atoms with van der Waals surface area (Å²) in [5.74, 6) is 0.877. The van der Waals surface area contributed by atoms with Gasteiger partial charge in [-0.2, -0.15) is 0 Å². The lowest BCUT2D eigenvalue weighted by atomic mass is 10.3. The lowest BCUT2D eigenvalue weighted by molar-refractivity contribution is 0.686. The van der Waals surface area contributed by atoms with Crippen LogP contribution in [-0.2, 0) is 6.54 Å². The predicted octanol–water partition coefficient (Wildman–Crippen LogP) is 4.87. The van der Waals surface area contributed by atoms with Gasteiger partial charge in [0.1, 0.15) is 0 Å². The van der Waals surface area contributed by atoms with E-state index in [0.29, 0.717) is 0 Å². The maximum atomic E-state index is 4.52. The molecule has 1 N–H and O–H groups in total. The fourth-order valence-corrected chi connectivity index (χ4v) is 2.98. The van der Waals surface area contributed by atoms with E-state index in [9.17, 15) is 0 Å². The summed E-state index contributed by atoms with van der Waals surface area (Å²) in [6, 6.07) is 6.00. The van der Waals surface area contributed by atoms with Gasteiger partial charge in [0, 0.05) is 21.7 Å². The van der Waals surface area contributed by atoms with Crippen molar-refractivity contribution in [3.05, 3.63) is 39.0 Å². The summed E-state index contributed by atoms with van der Waals surface area (Å²) in [5, 5.41) is 3.37. The molecule has 18 heavy (non-hydrogen) atoms. The van der Waals surface area contributed by atoms with Crippen LogP contribution in [-0.4, -0.2) is 9.55 Å². The molecular weight excluding hydrogens is 358 g/mol. The van der Waals surface area contributed by atoms with Gasteiger partial charge in [-0.05, 0) is 57.3 Å². The topological polar surface area (TPSA) is 29.9 Å². The molecule has 96 valence electrons. The maximum Gasteiger partial charge on any atom is 0.207 e. The molecule has 0 atom stereocenters. The highest BCUT2D eigenvalue weighted by Gasteiger charge is 2.09. The minimum atomic E-state index is 0.877. The molecule has 0 spiro atoms. The monoisotopic (exact) mass is 371 g/mol. The number of hydrogen-bond donors (Lipinski definition) is 1. The Bertz CT molecular complexity index is 529. The van der Waals surface area contributed by atoms with E-state index in [1.807, 2.05) is 25.1 Å². The number of nitrogens with one attached hydrogen (secondary N) is 1. The maximum absolute atomic E-state index is 4.52. The Kier molecular flexibility index (Phi) is 4.45. The summed E-state index contributed by atoms with van der Waals surface area (Å²) < 4.78 is 4.17. The molecule has 2 rings (SSSR count). The van der Waals surface area contributed by atoms with Gasteiger partial charge in [-0.1, -0.05) is 13.0 Å². The van der Waals surface area contributed by atoms with Crippen molar-refractivity contribution in [2.24, 2.45) is 0 Å². The number of aromatic nitrogens is 2. The van der Waals surface area contributed by atoms with Crippen LogP contribution in [0.2, 0.25) is 0 Å². The number of para-hydroxylation sites is 1. The first-order valence-corrected chi connectivity index (χ1v) is 7.45. The first kappa shape index (κ1) is 13.6. The lowest BCUT2D eigenvalue weighted by Gasteiger charge is -2.11. The Morgan fingerprint density at radius 3 is 2.56 bits per heavy atom. The van der Waals surface area contributed by atoms with E-state index >= 15 is 0 Å². The largest absolute Gasteiger partial charge is 0.324 e. The molecular formula is C13H15Br2N3. The second-order valence-corrected chi connectivity index (χ2v) is 5.83. The average molecular weight is 373 g/mol. The zero-order valence-corrected chi connectivity index (χ0v) is 13.5. The third-order valence-corrected chi connectivity index (χ3v) is 3.88. The molecule has 5 heteroatoms. The molecule has 0 fully saturated rings. The molecule has 0 saturated carbocycles. The first-order chi connectivity index (χ1) is 8.61. The van der Waals surface area contributed by atoms with Gasteiger partial charge in [0.2, 0.25) is 5.95 Å². The van der Waals surface area contributed by atoms with Crippen molar-refractivity contribution in [3.8, 4) is 0 Å². The number of benzene rings is 1. The van der Waals surface area contributed by atoms with E-state index in [1.54, 1.807) is 0 Å². The Labute approximate surface area is 124 Å². The normalized spacial score (nSPS) is 10.7. The average Bonchev–Trinajstić information content (AvgIpc) is 2.65. The lowest BCUT2D eigenvalue weighted by Crippen LogP contribution is -2.03. The van der Waals surface area contributed by atoms with E-state index in [0.717, 1.165) is 39.2 Å². The molecule has 0 aliphatic carbocycles. The van der Waals surface area contributed by atoms with Gasteiger partial charge >= 0.3 is 0 Å². The third kappa shape index (κ3) is 2.95. The first-order valence-electron chi connectivity index (χ1n) is 5.86. The SMILES string of the molecule is CCCn1cc(C)nc1Nc1c(Br)cccc1Br. The number of halogens is 2. The predicted molar refractivity (Wildman–Crippen MR) is 82.4 cm³/mol. The highest BCUT2D eigenvalue weighted by Crippen LogP contribution is 2.32. The number of imidazole rings is 1. The number of anilines is 2. The van der Waals surface area contributed by atoms with E-state index in [1.165, 1.54) is 0 Å². The van der Waals surface area contributed by atoms with Crippen molar-refractivity contribution in [2.45, 2.75) is 26.8 Å². The molecule has 0 radical (unpaired) electrons. The second kappa shape index (κ2) is 5.89. The molecule has 1 aromatic carbocycles. The summed E-state index contributed by atoms with van der Waals surface area (Å²) >= 11 is 7.09. The highest BCUT2D eigenvalue weighted by molar-refractivity contribution is 9.11. The summed E-state index contributed by atoms with van der Waals surface area (Å²) in [6.45, 7) is 5.13. The summed E-state index contributed by atoms with van der Waals surface area (Å²) in [7, 11) is 0. The zero-order valence-electron chi connectivity index (χ0n) is 10.4. The van der Waals surface area contributed by atoms with Gasteiger partial charge in [0.25, 0.3) is 0 Å². The van der Waals surface area contributed by atoms with Crippen LogP contribution >= 0.6 is 31.9 Å². The van der Waals surface area contributed by atoms with Crippen LogP contribution < -0.4 is 5.32 Å². The number of nitrogens with zero attached hydrogens (tertiary/aromatic N) is 2. The smallest absolute Gasteiger partial charge is 0.207 e. The standard InChI is InChI=1S/C13H15Br2N3/c1-3-7-18-8-9(2)16-13(18)17-12-10(14)5-4-6-11(12)15/h4-6,8H,3,7H2,1-2H3,(H,16,17). The minimum absolute atomic E-state index is 0.877. The van der Waals surface area contributed by atoms with Crippen molar-refractivity contribution in [2.75, 3.05) is 5.32 Å². The number of aryl methyl sites for hydroxylation is 2. The van der Waals surface area contributed by atoms with Gasteiger partial charge in [-0.25, -0.2) is 4.98 Å². The van der Waals surface area contributed by atoms with Crippen LogP contribution in [0.5, 0.6) is 0 Å². The molecule has 0 unspecified atom stereocenters. The van der Waals surface area contributed by atoms with Crippen LogP contribution in [0.15, 0.2) is 33.3 Å². The van der Waals surface area contributed by atoms with Crippen LogP contribution in [0.1, 0.15) is 19.0 Å².